The lowest BCUT2D eigenvalue weighted by molar-refractivity contribution is 0.0610. The highest BCUT2D eigenvalue weighted by Crippen LogP contribution is 2.42. The summed E-state index contributed by atoms with van der Waals surface area (Å²) >= 11 is 6.29. The Morgan fingerprint density at radius 3 is 2.21 bits per heavy atom. The van der Waals surface area contributed by atoms with Gasteiger partial charge in [0.2, 0.25) is 0 Å². The molecule has 0 radical (unpaired) electrons. The van der Waals surface area contributed by atoms with Crippen molar-refractivity contribution in [3.05, 3.63) is 58.6 Å². The van der Waals surface area contributed by atoms with Crippen LogP contribution < -0.4 is 15.1 Å². The molecule has 4 fully saturated rings. The molecule has 2 aromatic rings. The first kappa shape index (κ1) is 26.4. The Morgan fingerprint density at radius 1 is 0.872 bits per heavy atom. The van der Waals surface area contributed by atoms with Gasteiger partial charge in [-0.2, -0.15) is 5.26 Å². The Labute approximate surface area is 237 Å². The van der Waals surface area contributed by atoms with E-state index in [1.165, 1.54) is 18.5 Å². The second-order valence-electron chi connectivity index (χ2n) is 11.8. The normalized spacial score (nSPS) is 22.3. The molecular formula is C31H39ClN6O. The van der Waals surface area contributed by atoms with Gasteiger partial charge in [0, 0.05) is 75.3 Å². The highest BCUT2D eigenvalue weighted by atomic mass is 35.5. The van der Waals surface area contributed by atoms with Gasteiger partial charge in [-0.1, -0.05) is 11.6 Å². The number of halogens is 1. The van der Waals surface area contributed by atoms with E-state index in [2.05, 4.69) is 38.2 Å². The van der Waals surface area contributed by atoms with Crippen LogP contribution in [0.15, 0.2) is 42.5 Å². The average Bonchev–Trinajstić information content (AvgIpc) is 3.41. The van der Waals surface area contributed by atoms with Crippen molar-refractivity contribution in [3.63, 3.8) is 0 Å². The van der Waals surface area contributed by atoms with E-state index in [0.29, 0.717) is 10.6 Å². The van der Waals surface area contributed by atoms with Crippen molar-refractivity contribution in [3.8, 4) is 6.07 Å². The summed E-state index contributed by atoms with van der Waals surface area (Å²) in [7, 11) is 0. The van der Waals surface area contributed by atoms with Gasteiger partial charge in [0.15, 0.2) is 0 Å². The number of benzene rings is 2. The standard InChI is InChI=1S/C31H39ClN6O/c32-29-21-28(6-3-25(29)22-33)38-16-11-31(23-38)9-14-37(15-10-31)30(39)24-1-4-26(5-2-24)35-17-19-36(20-18-35)27-7-12-34-13-8-27/h1-6,21,27,34H,7-20,23H2. The number of piperazine rings is 1. The zero-order valence-corrected chi connectivity index (χ0v) is 23.5. The topological polar surface area (TPSA) is 65.9 Å². The van der Waals surface area contributed by atoms with Crippen molar-refractivity contribution in [2.24, 2.45) is 5.41 Å². The monoisotopic (exact) mass is 546 g/mol. The Morgan fingerprint density at radius 2 is 1.54 bits per heavy atom. The Balaban J connectivity index is 1.00. The predicted octanol–water partition coefficient (Wildman–Crippen LogP) is 4.22. The number of carbonyl (C=O) groups excluding carboxylic acids is 1. The van der Waals surface area contributed by atoms with Crippen molar-refractivity contribution in [2.75, 3.05) is 75.2 Å². The van der Waals surface area contributed by atoms with Crippen LogP contribution in [0.25, 0.3) is 0 Å². The average molecular weight is 547 g/mol. The molecule has 1 amide bonds. The Bertz CT molecular complexity index is 1200. The number of nitrogens with one attached hydrogen (secondary N) is 1. The van der Waals surface area contributed by atoms with Crippen LogP contribution in [0, 0.1) is 16.7 Å². The summed E-state index contributed by atoms with van der Waals surface area (Å²) in [6, 6.07) is 16.9. The molecule has 0 bridgehead atoms. The minimum absolute atomic E-state index is 0.154. The molecule has 206 valence electrons. The molecule has 39 heavy (non-hydrogen) atoms. The number of anilines is 2. The van der Waals surface area contributed by atoms with Crippen LogP contribution in [0.1, 0.15) is 48.0 Å². The molecule has 4 heterocycles. The molecular weight excluding hydrogens is 508 g/mol. The summed E-state index contributed by atoms with van der Waals surface area (Å²) in [5.74, 6) is 0.154. The number of hydrogen-bond acceptors (Lipinski definition) is 6. The Kier molecular flexibility index (Phi) is 7.70. The lowest BCUT2D eigenvalue weighted by Gasteiger charge is -2.41. The molecule has 1 N–H and O–H groups in total. The third-order valence-corrected chi connectivity index (χ3v) is 9.92. The van der Waals surface area contributed by atoms with E-state index >= 15 is 0 Å². The highest BCUT2D eigenvalue weighted by Gasteiger charge is 2.41. The van der Waals surface area contributed by atoms with Gasteiger partial charge < -0.3 is 20.0 Å². The summed E-state index contributed by atoms with van der Waals surface area (Å²) < 4.78 is 0. The van der Waals surface area contributed by atoms with E-state index in [-0.39, 0.29) is 11.3 Å². The van der Waals surface area contributed by atoms with Gasteiger partial charge in [0.1, 0.15) is 6.07 Å². The second-order valence-corrected chi connectivity index (χ2v) is 12.2. The molecule has 0 unspecified atom stereocenters. The largest absolute Gasteiger partial charge is 0.371 e. The van der Waals surface area contributed by atoms with E-state index in [4.69, 9.17) is 16.9 Å². The molecule has 0 aromatic heterocycles. The molecule has 0 saturated carbocycles. The third-order valence-electron chi connectivity index (χ3n) is 9.61. The fourth-order valence-electron chi connectivity index (χ4n) is 7.05. The number of likely N-dealkylation sites (tertiary alicyclic amines) is 1. The van der Waals surface area contributed by atoms with Gasteiger partial charge in [-0.15, -0.1) is 0 Å². The SMILES string of the molecule is N#Cc1ccc(N2CCC3(CCN(C(=O)c4ccc(N5CCN(C6CCNCC6)CC5)cc4)CC3)C2)cc1Cl. The smallest absolute Gasteiger partial charge is 0.253 e. The number of amides is 1. The van der Waals surface area contributed by atoms with E-state index in [9.17, 15) is 4.79 Å². The molecule has 7 nitrogen and oxygen atoms in total. The zero-order valence-electron chi connectivity index (χ0n) is 22.7. The fourth-order valence-corrected chi connectivity index (χ4v) is 7.27. The van der Waals surface area contributed by atoms with Crippen LogP contribution in [-0.2, 0) is 0 Å². The van der Waals surface area contributed by atoms with E-state index in [0.717, 1.165) is 102 Å². The van der Waals surface area contributed by atoms with Crippen molar-refractivity contribution in [2.45, 2.75) is 38.1 Å². The minimum atomic E-state index is 0.154. The molecule has 0 aliphatic carbocycles. The molecule has 4 aliphatic heterocycles. The summed E-state index contributed by atoms with van der Waals surface area (Å²) in [6.07, 6.45) is 5.71. The summed E-state index contributed by atoms with van der Waals surface area (Å²) in [4.78, 5) is 22.9. The maximum atomic E-state index is 13.3. The van der Waals surface area contributed by atoms with Gasteiger partial charge >= 0.3 is 0 Å². The lowest BCUT2D eigenvalue weighted by atomic mass is 9.77. The minimum Gasteiger partial charge on any atom is -0.371 e. The first-order chi connectivity index (χ1) is 19.0. The zero-order chi connectivity index (χ0) is 26.8. The molecule has 6 rings (SSSR count). The van der Waals surface area contributed by atoms with Crippen LogP contribution >= 0.6 is 11.6 Å². The third kappa shape index (κ3) is 5.61. The van der Waals surface area contributed by atoms with Crippen LogP contribution in [0.3, 0.4) is 0 Å². The van der Waals surface area contributed by atoms with Gasteiger partial charge in [0.25, 0.3) is 5.91 Å². The molecule has 1 spiro atoms. The summed E-state index contributed by atoms with van der Waals surface area (Å²) in [5.41, 5.74) is 3.87. The summed E-state index contributed by atoms with van der Waals surface area (Å²) in [6.45, 7) is 10.2. The van der Waals surface area contributed by atoms with Crippen molar-refractivity contribution >= 4 is 28.9 Å². The first-order valence-corrected chi connectivity index (χ1v) is 15.0. The highest BCUT2D eigenvalue weighted by molar-refractivity contribution is 6.32. The number of nitrogens with zero attached hydrogens (tertiary/aromatic N) is 5. The van der Waals surface area contributed by atoms with Crippen LogP contribution in [-0.4, -0.2) is 87.2 Å². The van der Waals surface area contributed by atoms with E-state index < -0.39 is 0 Å². The van der Waals surface area contributed by atoms with E-state index in [1.807, 2.05) is 35.2 Å². The second kappa shape index (κ2) is 11.4. The Hall–Kier alpha value is -2.79. The number of nitriles is 1. The van der Waals surface area contributed by atoms with Gasteiger partial charge in [-0.05, 0) is 93.1 Å². The lowest BCUT2D eigenvalue weighted by Crippen LogP contribution is -2.52. The maximum absolute atomic E-state index is 13.3. The number of hydrogen-bond donors (Lipinski definition) is 1. The number of piperidine rings is 2. The quantitative estimate of drug-likeness (QED) is 0.619. The van der Waals surface area contributed by atoms with Crippen LogP contribution in [0.4, 0.5) is 11.4 Å². The predicted molar refractivity (Wildman–Crippen MR) is 157 cm³/mol. The molecule has 2 aromatic carbocycles. The number of rotatable bonds is 4. The molecule has 4 aliphatic rings. The van der Waals surface area contributed by atoms with Gasteiger partial charge in [-0.25, -0.2) is 0 Å². The van der Waals surface area contributed by atoms with Crippen molar-refractivity contribution in [1.82, 2.24) is 15.1 Å². The fraction of sp³-hybridized carbons (Fsp3) is 0.548. The van der Waals surface area contributed by atoms with Crippen LogP contribution in [0.5, 0.6) is 0 Å². The van der Waals surface area contributed by atoms with Gasteiger partial charge in [-0.3, -0.25) is 9.69 Å². The maximum Gasteiger partial charge on any atom is 0.253 e. The molecule has 4 saturated heterocycles. The number of carbonyl (C=O) groups is 1. The van der Waals surface area contributed by atoms with Crippen LogP contribution in [0.2, 0.25) is 5.02 Å². The molecule has 8 heteroatoms. The first-order valence-electron chi connectivity index (χ1n) is 14.6. The molecule has 0 atom stereocenters. The van der Waals surface area contributed by atoms with Crippen molar-refractivity contribution < 1.29 is 4.79 Å². The van der Waals surface area contributed by atoms with Gasteiger partial charge in [0.05, 0.1) is 10.6 Å². The summed E-state index contributed by atoms with van der Waals surface area (Å²) in [5, 5.41) is 13.1. The van der Waals surface area contributed by atoms with E-state index in [1.54, 1.807) is 0 Å². The van der Waals surface area contributed by atoms with Crippen molar-refractivity contribution in [1.29, 1.82) is 5.26 Å².